The molecule has 0 fully saturated rings. The molecule has 0 aliphatic carbocycles. The molecule has 7 heteroatoms. The monoisotopic (exact) mass is 280 g/mol. The van der Waals surface area contributed by atoms with Crippen LogP contribution in [0.2, 0.25) is 5.02 Å². The number of amides is 2. The van der Waals surface area contributed by atoms with Gasteiger partial charge in [0.1, 0.15) is 6.04 Å². The molecule has 1 atom stereocenters. The highest BCUT2D eigenvalue weighted by atomic mass is 35.5. The van der Waals surface area contributed by atoms with E-state index < -0.39 is 0 Å². The molecule has 0 saturated carbocycles. The first kappa shape index (κ1) is 13.4. The number of carbonyl (C=O) groups is 1. The summed E-state index contributed by atoms with van der Waals surface area (Å²) in [6.45, 7) is 3.47. The molecule has 0 radical (unpaired) electrons. The van der Waals surface area contributed by atoms with Crippen LogP contribution in [0.15, 0.2) is 28.8 Å². The number of nitrogens with one attached hydrogen (secondary N) is 2. The molecule has 19 heavy (non-hydrogen) atoms. The van der Waals surface area contributed by atoms with Gasteiger partial charge >= 0.3 is 6.03 Å². The Labute approximate surface area is 115 Å². The van der Waals surface area contributed by atoms with Gasteiger partial charge in [0, 0.05) is 10.7 Å². The largest absolute Gasteiger partial charge is 0.337 e. The topological polar surface area (TPSA) is 80.0 Å². The number of aromatic nitrogens is 2. The van der Waals surface area contributed by atoms with Crippen molar-refractivity contribution in [2.24, 2.45) is 0 Å². The maximum Gasteiger partial charge on any atom is 0.319 e. The van der Waals surface area contributed by atoms with Crippen molar-refractivity contribution in [2.75, 3.05) is 5.32 Å². The molecule has 0 spiro atoms. The van der Waals surface area contributed by atoms with Crippen LogP contribution in [0.5, 0.6) is 0 Å². The fourth-order valence-electron chi connectivity index (χ4n) is 1.45. The van der Waals surface area contributed by atoms with Crippen molar-refractivity contribution in [3.05, 3.63) is 41.0 Å². The third-order valence-corrected chi connectivity index (χ3v) is 2.62. The third kappa shape index (κ3) is 3.69. The highest BCUT2D eigenvalue weighted by molar-refractivity contribution is 6.30. The Hall–Kier alpha value is -2.08. The van der Waals surface area contributed by atoms with Crippen molar-refractivity contribution >= 4 is 23.3 Å². The molecule has 100 valence electrons. The Balaban J connectivity index is 1.92. The van der Waals surface area contributed by atoms with Crippen LogP contribution in [0.4, 0.5) is 10.5 Å². The second kappa shape index (κ2) is 5.71. The molecule has 2 amide bonds. The van der Waals surface area contributed by atoms with E-state index >= 15 is 0 Å². The van der Waals surface area contributed by atoms with Gasteiger partial charge < -0.3 is 15.2 Å². The van der Waals surface area contributed by atoms with Crippen LogP contribution >= 0.6 is 11.6 Å². The molecule has 0 aliphatic rings. The zero-order valence-corrected chi connectivity index (χ0v) is 11.2. The first-order valence-electron chi connectivity index (χ1n) is 5.68. The van der Waals surface area contributed by atoms with Crippen LogP contribution < -0.4 is 10.6 Å². The molecular formula is C12H13ClN4O2. The summed E-state index contributed by atoms with van der Waals surface area (Å²) in [6.07, 6.45) is 0. The third-order valence-electron chi connectivity index (χ3n) is 2.36. The Morgan fingerprint density at radius 3 is 2.63 bits per heavy atom. The lowest BCUT2D eigenvalue weighted by atomic mass is 10.3. The summed E-state index contributed by atoms with van der Waals surface area (Å²) >= 11 is 5.76. The quantitative estimate of drug-likeness (QED) is 0.906. The molecule has 0 saturated heterocycles. The van der Waals surface area contributed by atoms with E-state index in [1.54, 1.807) is 38.1 Å². The average molecular weight is 281 g/mol. The van der Waals surface area contributed by atoms with Crippen molar-refractivity contribution in [3.63, 3.8) is 0 Å². The van der Waals surface area contributed by atoms with Gasteiger partial charge in [-0.3, -0.25) is 0 Å². The molecule has 1 aromatic heterocycles. The summed E-state index contributed by atoms with van der Waals surface area (Å²) in [6, 6.07) is 6.09. The summed E-state index contributed by atoms with van der Waals surface area (Å²) in [5.74, 6) is 0.894. The van der Waals surface area contributed by atoms with Gasteiger partial charge in [-0.1, -0.05) is 16.8 Å². The molecule has 0 unspecified atom stereocenters. The van der Waals surface area contributed by atoms with Crippen LogP contribution in [0.3, 0.4) is 0 Å². The Morgan fingerprint density at radius 2 is 2.05 bits per heavy atom. The van der Waals surface area contributed by atoms with E-state index in [2.05, 4.69) is 20.8 Å². The zero-order chi connectivity index (χ0) is 13.8. The number of halogens is 1. The minimum Gasteiger partial charge on any atom is -0.337 e. The summed E-state index contributed by atoms with van der Waals surface area (Å²) in [5.41, 5.74) is 0.649. The molecule has 2 N–H and O–H groups in total. The normalized spacial score (nSPS) is 11.9. The lowest BCUT2D eigenvalue weighted by molar-refractivity contribution is 0.245. The number of rotatable bonds is 3. The van der Waals surface area contributed by atoms with E-state index in [1.165, 1.54) is 0 Å². The first-order valence-corrected chi connectivity index (χ1v) is 6.05. The fourth-order valence-corrected chi connectivity index (χ4v) is 1.57. The van der Waals surface area contributed by atoms with Crippen molar-refractivity contribution in [1.29, 1.82) is 0 Å². The maximum atomic E-state index is 11.7. The fraction of sp³-hybridized carbons (Fsp3) is 0.250. The lowest BCUT2D eigenvalue weighted by Crippen LogP contribution is -2.31. The molecular weight excluding hydrogens is 268 g/mol. The number of anilines is 1. The van der Waals surface area contributed by atoms with E-state index in [0.717, 1.165) is 0 Å². The summed E-state index contributed by atoms with van der Waals surface area (Å²) in [7, 11) is 0. The van der Waals surface area contributed by atoms with E-state index in [-0.39, 0.29) is 12.1 Å². The maximum absolute atomic E-state index is 11.7. The van der Waals surface area contributed by atoms with Gasteiger partial charge in [0.2, 0.25) is 5.89 Å². The van der Waals surface area contributed by atoms with E-state index in [4.69, 9.17) is 16.1 Å². The SMILES string of the molecule is Cc1noc([C@H](C)NC(=O)Nc2ccc(Cl)cc2)n1. The lowest BCUT2D eigenvalue weighted by Gasteiger charge is -2.11. The molecule has 1 heterocycles. The number of hydrogen-bond acceptors (Lipinski definition) is 4. The predicted molar refractivity (Wildman–Crippen MR) is 71.1 cm³/mol. The van der Waals surface area contributed by atoms with Crippen molar-refractivity contribution < 1.29 is 9.32 Å². The van der Waals surface area contributed by atoms with Gasteiger partial charge in [-0.15, -0.1) is 0 Å². The van der Waals surface area contributed by atoms with E-state index in [9.17, 15) is 4.79 Å². The van der Waals surface area contributed by atoms with E-state index in [1.807, 2.05) is 0 Å². The van der Waals surface area contributed by atoms with Crippen LogP contribution in [0, 0.1) is 6.92 Å². The minimum absolute atomic E-state index is 0.356. The zero-order valence-electron chi connectivity index (χ0n) is 10.5. The Bertz CT molecular complexity index is 567. The second-order valence-corrected chi connectivity index (χ2v) is 4.44. The van der Waals surface area contributed by atoms with Gasteiger partial charge in [-0.25, -0.2) is 4.79 Å². The van der Waals surface area contributed by atoms with Crippen molar-refractivity contribution in [1.82, 2.24) is 15.5 Å². The average Bonchev–Trinajstić information content (AvgIpc) is 2.79. The van der Waals surface area contributed by atoms with Crippen LogP contribution in [-0.4, -0.2) is 16.2 Å². The number of carbonyl (C=O) groups excluding carboxylic acids is 1. The number of aryl methyl sites for hydroxylation is 1. The molecule has 1 aromatic carbocycles. The van der Waals surface area contributed by atoms with Crippen LogP contribution in [0.1, 0.15) is 24.7 Å². The van der Waals surface area contributed by atoms with Gasteiger partial charge in [0.05, 0.1) is 0 Å². The first-order chi connectivity index (χ1) is 9.04. The number of benzene rings is 1. The van der Waals surface area contributed by atoms with Gasteiger partial charge in [-0.2, -0.15) is 4.98 Å². The van der Waals surface area contributed by atoms with Crippen molar-refractivity contribution in [3.8, 4) is 0 Å². The standard InChI is InChI=1S/C12H13ClN4O2/c1-7(11-15-8(2)17-19-11)14-12(18)16-10-5-3-9(13)4-6-10/h3-7H,1-2H3,(H2,14,16,18)/t7-/m0/s1. The second-order valence-electron chi connectivity index (χ2n) is 4.01. The molecule has 0 bridgehead atoms. The van der Waals surface area contributed by atoms with Crippen LogP contribution in [-0.2, 0) is 0 Å². The number of nitrogens with zero attached hydrogens (tertiary/aromatic N) is 2. The smallest absolute Gasteiger partial charge is 0.319 e. The molecule has 0 aliphatic heterocycles. The molecule has 2 rings (SSSR count). The van der Waals surface area contributed by atoms with Gasteiger partial charge in [-0.05, 0) is 38.1 Å². The van der Waals surface area contributed by atoms with E-state index in [0.29, 0.717) is 22.4 Å². The Kier molecular flexibility index (Phi) is 4.01. The van der Waals surface area contributed by atoms with Crippen LogP contribution in [0.25, 0.3) is 0 Å². The summed E-state index contributed by atoms with van der Waals surface area (Å²) in [4.78, 5) is 15.8. The number of hydrogen-bond donors (Lipinski definition) is 2. The Morgan fingerprint density at radius 1 is 1.37 bits per heavy atom. The minimum atomic E-state index is -0.367. The van der Waals surface area contributed by atoms with Crippen molar-refractivity contribution in [2.45, 2.75) is 19.9 Å². The predicted octanol–water partition coefficient (Wildman–Crippen LogP) is 2.91. The highest BCUT2D eigenvalue weighted by Crippen LogP contribution is 2.14. The summed E-state index contributed by atoms with van der Waals surface area (Å²) < 4.78 is 4.97. The molecule has 6 nitrogen and oxygen atoms in total. The highest BCUT2D eigenvalue weighted by Gasteiger charge is 2.15. The summed E-state index contributed by atoms with van der Waals surface area (Å²) in [5, 5.41) is 9.65. The van der Waals surface area contributed by atoms with Gasteiger partial charge in [0.15, 0.2) is 5.82 Å². The molecule has 2 aromatic rings. The van der Waals surface area contributed by atoms with Gasteiger partial charge in [0.25, 0.3) is 0 Å². The number of urea groups is 1.